The summed E-state index contributed by atoms with van der Waals surface area (Å²) in [5.74, 6) is -12.4. The number of carbonyl (C=O) groups is 1. The molecule has 1 heterocycles. The number of ketones is 1. The van der Waals surface area contributed by atoms with Crippen molar-refractivity contribution in [3.8, 4) is 0 Å². The Morgan fingerprint density at radius 3 is 2.12 bits per heavy atom. The van der Waals surface area contributed by atoms with E-state index in [9.17, 15) is 26.7 Å². The molecule has 0 fully saturated rings. The van der Waals surface area contributed by atoms with Crippen LogP contribution in [0.2, 0.25) is 0 Å². The van der Waals surface area contributed by atoms with E-state index in [1.54, 1.807) is 19.9 Å². The number of fused-ring (bicyclic) bond motifs is 1. The van der Waals surface area contributed by atoms with Crippen molar-refractivity contribution in [3.05, 3.63) is 70.2 Å². The maximum atomic E-state index is 13.8. The van der Waals surface area contributed by atoms with Crippen LogP contribution >= 0.6 is 0 Å². The van der Waals surface area contributed by atoms with E-state index in [2.05, 4.69) is 4.98 Å². The molecule has 3 rings (SSSR count). The second kappa shape index (κ2) is 6.55. The summed E-state index contributed by atoms with van der Waals surface area (Å²) in [5.41, 5.74) is 0.961. The molecule has 0 saturated heterocycles. The number of para-hydroxylation sites is 1. The van der Waals surface area contributed by atoms with Crippen LogP contribution in [0.1, 0.15) is 40.9 Å². The first-order valence-electron chi connectivity index (χ1n) is 7.85. The van der Waals surface area contributed by atoms with Crippen LogP contribution in [-0.4, -0.2) is 10.8 Å². The van der Waals surface area contributed by atoms with Gasteiger partial charge in [-0.15, -0.1) is 0 Å². The van der Waals surface area contributed by atoms with Gasteiger partial charge in [0, 0.05) is 23.0 Å². The fraction of sp³-hybridized carbons (Fsp3) is 0.211. The zero-order valence-electron chi connectivity index (χ0n) is 13.9. The molecule has 0 aliphatic heterocycles. The molecule has 0 spiro atoms. The highest BCUT2D eigenvalue weighted by Gasteiger charge is 2.30. The van der Waals surface area contributed by atoms with Gasteiger partial charge < -0.3 is 4.98 Å². The van der Waals surface area contributed by atoms with Crippen LogP contribution in [0.5, 0.6) is 0 Å². The normalized spacial score (nSPS) is 12.6. The number of carbonyl (C=O) groups excluding carboxylic acids is 1. The molecule has 1 aromatic heterocycles. The number of rotatable bonds is 4. The number of hydrogen-bond acceptors (Lipinski definition) is 1. The van der Waals surface area contributed by atoms with Crippen molar-refractivity contribution in [1.29, 1.82) is 0 Å². The lowest BCUT2D eigenvalue weighted by atomic mass is 9.91. The second-order valence-corrected chi connectivity index (χ2v) is 6.18. The van der Waals surface area contributed by atoms with Gasteiger partial charge in [0.25, 0.3) is 0 Å². The molecule has 2 aromatic carbocycles. The predicted molar refractivity (Wildman–Crippen MR) is 86.6 cm³/mol. The third kappa shape index (κ3) is 2.77. The quantitative estimate of drug-likeness (QED) is 0.279. The summed E-state index contributed by atoms with van der Waals surface area (Å²) in [6.45, 7) is 3.45. The summed E-state index contributed by atoms with van der Waals surface area (Å²) in [6.07, 6.45) is -0.402. The van der Waals surface area contributed by atoms with Crippen molar-refractivity contribution >= 4 is 16.7 Å². The predicted octanol–water partition coefficient (Wildman–Crippen LogP) is 5.55. The van der Waals surface area contributed by atoms with Crippen molar-refractivity contribution in [2.75, 3.05) is 0 Å². The minimum atomic E-state index is -2.28. The van der Waals surface area contributed by atoms with Gasteiger partial charge in [0.1, 0.15) is 0 Å². The molecule has 0 saturated carbocycles. The fourth-order valence-electron chi connectivity index (χ4n) is 3.27. The van der Waals surface area contributed by atoms with E-state index in [1.165, 1.54) is 0 Å². The monoisotopic (exact) mass is 367 g/mol. The third-order valence-electron chi connectivity index (χ3n) is 4.42. The van der Waals surface area contributed by atoms with Crippen LogP contribution in [0.25, 0.3) is 10.9 Å². The molecule has 0 bridgehead atoms. The van der Waals surface area contributed by atoms with E-state index >= 15 is 0 Å². The first-order chi connectivity index (χ1) is 12.2. The number of nitrogens with one attached hydrogen (secondary N) is 1. The molecule has 3 aromatic rings. The SMILES string of the molecule is Cc1[nH]c2ccccc2c1[C@H](C)CC(=O)c1c(F)c(F)c(F)c(F)c1F. The van der Waals surface area contributed by atoms with Crippen molar-refractivity contribution in [2.24, 2.45) is 0 Å². The van der Waals surface area contributed by atoms with E-state index < -0.39 is 52.8 Å². The minimum Gasteiger partial charge on any atom is -0.358 e. The van der Waals surface area contributed by atoms with Crippen LogP contribution in [0.3, 0.4) is 0 Å². The highest BCUT2D eigenvalue weighted by atomic mass is 19.2. The van der Waals surface area contributed by atoms with Gasteiger partial charge in [-0.05, 0) is 24.5 Å². The van der Waals surface area contributed by atoms with Crippen molar-refractivity contribution in [1.82, 2.24) is 4.98 Å². The van der Waals surface area contributed by atoms with Gasteiger partial charge >= 0.3 is 0 Å². The van der Waals surface area contributed by atoms with Crippen LogP contribution in [0.15, 0.2) is 24.3 Å². The molecule has 0 unspecified atom stereocenters. The molecule has 0 aliphatic rings. The largest absolute Gasteiger partial charge is 0.358 e. The summed E-state index contributed by atoms with van der Waals surface area (Å²) < 4.78 is 67.4. The topological polar surface area (TPSA) is 32.9 Å². The summed E-state index contributed by atoms with van der Waals surface area (Å²) in [6, 6.07) is 7.29. The van der Waals surface area contributed by atoms with Crippen molar-refractivity contribution in [2.45, 2.75) is 26.2 Å². The van der Waals surface area contributed by atoms with E-state index in [0.717, 1.165) is 22.2 Å². The van der Waals surface area contributed by atoms with E-state index in [-0.39, 0.29) is 0 Å². The van der Waals surface area contributed by atoms with Crippen molar-refractivity contribution in [3.63, 3.8) is 0 Å². The summed E-state index contributed by atoms with van der Waals surface area (Å²) in [4.78, 5) is 15.4. The Balaban J connectivity index is 1.99. The minimum absolute atomic E-state index is 0.402. The van der Waals surface area contributed by atoms with Crippen LogP contribution in [-0.2, 0) is 0 Å². The van der Waals surface area contributed by atoms with Crippen molar-refractivity contribution < 1.29 is 26.7 Å². The highest BCUT2D eigenvalue weighted by Crippen LogP contribution is 2.33. The number of hydrogen-bond donors (Lipinski definition) is 1. The lowest BCUT2D eigenvalue weighted by molar-refractivity contribution is 0.0964. The number of halogens is 5. The Hall–Kier alpha value is -2.70. The number of H-pyrrole nitrogens is 1. The van der Waals surface area contributed by atoms with Gasteiger partial charge in [0.15, 0.2) is 29.1 Å². The zero-order valence-corrected chi connectivity index (χ0v) is 13.9. The smallest absolute Gasteiger partial charge is 0.200 e. The van der Waals surface area contributed by atoms with Gasteiger partial charge in [-0.1, -0.05) is 25.1 Å². The van der Waals surface area contributed by atoms with Crippen LogP contribution in [0, 0.1) is 36.0 Å². The second-order valence-electron chi connectivity index (χ2n) is 6.18. The molecule has 0 radical (unpaired) electrons. The standard InChI is InChI=1S/C19H14F5NO/c1-8(13-9(2)25-11-6-4-3-5-10(11)13)7-12(26)14-15(20)17(22)19(24)18(23)16(14)21/h3-6,8,25H,7H2,1-2H3/t8-/m1/s1. The van der Waals surface area contributed by atoms with E-state index in [0.29, 0.717) is 0 Å². The molecule has 7 heteroatoms. The molecule has 1 atom stereocenters. The molecule has 1 N–H and O–H groups in total. The van der Waals surface area contributed by atoms with Gasteiger partial charge in [0.2, 0.25) is 5.82 Å². The van der Waals surface area contributed by atoms with Gasteiger partial charge in [-0.2, -0.15) is 0 Å². The average molecular weight is 367 g/mol. The van der Waals surface area contributed by atoms with E-state index in [4.69, 9.17) is 0 Å². The van der Waals surface area contributed by atoms with Gasteiger partial charge in [0.05, 0.1) is 5.56 Å². The molecule has 0 amide bonds. The van der Waals surface area contributed by atoms with Crippen LogP contribution < -0.4 is 0 Å². The average Bonchev–Trinajstić information content (AvgIpc) is 2.94. The Labute approximate surface area is 145 Å². The number of benzene rings is 2. The fourth-order valence-corrected chi connectivity index (χ4v) is 3.27. The molecule has 136 valence electrons. The Kier molecular flexibility index (Phi) is 4.56. The Bertz CT molecular complexity index is 995. The molecular weight excluding hydrogens is 353 g/mol. The lowest BCUT2D eigenvalue weighted by Crippen LogP contribution is -2.14. The first-order valence-corrected chi connectivity index (χ1v) is 7.85. The molecule has 0 aliphatic carbocycles. The maximum Gasteiger partial charge on any atom is 0.200 e. The molecule has 2 nitrogen and oxygen atoms in total. The number of aromatic amines is 1. The number of aryl methyl sites for hydroxylation is 1. The number of aromatic nitrogens is 1. The highest BCUT2D eigenvalue weighted by molar-refractivity contribution is 5.97. The third-order valence-corrected chi connectivity index (χ3v) is 4.42. The van der Waals surface area contributed by atoms with E-state index in [1.807, 2.05) is 18.2 Å². The van der Waals surface area contributed by atoms with Gasteiger partial charge in [-0.25, -0.2) is 22.0 Å². The summed E-state index contributed by atoms with van der Waals surface area (Å²) in [5, 5.41) is 0.836. The Morgan fingerprint density at radius 1 is 0.962 bits per heavy atom. The Morgan fingerprint density at radius 2 is 1.50 bits per heavy atom. The van der Waals surface area contributed by atoms with Gasteiger partial charge in [-0.3, -0.25) is 4.79 Å². The van der Waals surface area contributed by atoms with Crippen LogP contribution in [0.4, 0.5) is 22.0 Å². The zero-order chi connectivity index (χ0) is 19.2. The maximum absolute atomic E-state index is 13.8. The first kappa shape index (κ1) is 18.1. The lowest BCUT2D eigenvalue weighted by Gasteiger charge is -2.13. The number of Topliss-reactive ketones (excluding diaryl/α,β-unsaturated/α-hetero) is 1. The molecular formula is C19H14F5NO. The summed E-state index contributed by atoms with van der Waals surface area (Å²) >= 11 is 0. The molecule has 26 heavy (non-hydrogen) atoms. The summed E-state index contributed by atoms with van der Waals surface area (Å²) in [7, 11) is 0.